The third-order valence-corrected chi connectivity index (χ3v) is 6.16. The van der Waals surface area contributed by atoms with Crippen LogP contribution in [-0.4, -0.2) is 14.3 Å². The van der Waals surface area contributed by atoms with Crippen molar-refractivity contribution in [3.63, 3.8) is 0 Å². The highest BCUT2D eigenvalue weighted by atomic mass is 79.9. The lowest BCUT2D eigenvalue weighted by Crippen LogP contribution is -2.19. The van der Waals surface area contributed by atoms with Gasteiger partial charge in [-0.2, -0.15) is 0 Å². The standard InChI is InChI=1S/C19H12Br2F2N2O3S/c20-11-1-4-13(5-2-11)24-19(26)15-9-12(21)3-8-18(15)25-29(27,28)14-6-7-16(22)17(23)10-14/h1-10,25H,(H,24,26). The van der Waals surface area contributed by atoms with Gasteiger partial charge < -0.3 is 5.32 Å². The Morgan fingerprint density at radius 1 is 0.828 bits per heavy atom. The van der Waals surface area contributed by atoms with Crippen LogP contribution in [-0.2, 0) is 10.0 Å². The molecule has 0 unspecified atom stereocenters. The van der Waals surface area contributed by atoms with Gasteiger partial charge in [0.05, 0.1) is 16.1 Å². The van der Waals surface area contributed by atoms with E-state index in [1.807, 2.05) is 0 Å². The minimum atomic E-state index is -4.26. The van der Waals surface area contributed by atoms with Crippen LogP contribution in [0.4, 0.5) is 20.2 Å². The fraction of sp³-hybridized carbons (Fsp3) is 0. The van der Waals surface area contributed by atoms with Gasteiger partial charge in [0.2, 0.25) is 0 Å². The zero-order chi connectivity index (χ0) is 21.2. The van der Waals surface area contributed by atoms with Crippen LogP contribution in [0.1, 0.15) is 10.4 Å². The highest BCUT2D eigenvalue weighted by molar-refractivity contribution is 9.10. The lowest BCUT2D eigenvalue weighted by molar-refractivity contribution is 0.102. The van der Waals surface area contributed by atoms with Gasteiger partial charge in [0, 0.05) is 14.6 Å². The molecule has 3 aromatic carbocycles. The number of hydrogen-bond donors (Lipinski definition) is 2. The number of hydrogen-bond acceptors (Lipinski definition) is 3. The number of carbonyl (C=O) groups is 1. The first-order chi connectivity index (χ1) is 13.7. The molecular weight excluding hydrogens is 534 g/mol. The molecule has 0 spiro atoms. The Kier molecular flexibility index (Phi) is 6.35. The molecule has 0 bridgehead atoms. The van der Waals surface area contributed by atoms with Gasteiger partial charge >= 0.3 is 0 Å². The zero-order valence-corrected chi connectivity index (χ0v) is 18.4. The van der Waals surface area contributed by atoms with Crippen molar-refractivity contribution in [2.24, 2.45) is 0 Å². The Labute approximate surface area is 182 Å². The van der Waals surface area contributed by atoms with Crippen LogP contribution in [0.15, 0.2) is 74.5 Å². The minimum Gasteiger partial charge on any atom is -0.322 e. The second-order valence-corrected chi connectivity index (χ2v) is 9.35. The van der Waals surface area contributed by atoms with Gasteiger partial charge in [-0.1, -0.05) is 31.9 Å². The van der Waals surface area contributed by atoms with Crippen molar-refractivity contribution in [2.45, 2.75) is 4.90 Å². The molecule has 0 saturated carbocycles. The maximum absolute atomic E-state index is 13.4. The summed E-state index contributed by atoms with van der Waals surface area (Å²) in [6, 6.07) is 13.4. The second kappa shape index (κ2) is 8.60. The summed E-state index contributed by atoms with van der Waals surface area (Å²) in [6.45, 7) is 0. The molecule has 0 aromatic heterocycles. The van der Waals surface area contributed by atoms with Gasteiger partial charge in [0.25, 0.3) is 15.9 Å². The fourth-order valence-corrected chi connectivity index (χ4v) is 4.09. The van der Waals surface area contributed by atoms with E-state index in [1.165, 1.54) is 12.1 Å². The van der Waals surface area contributed by atoms with Gasteiger partial charge in [0.15, 0.2) is 11.6 Å². The van der Waals surface area contributed by atoms with Crippen LogP contribution >= 0.6 is 31.9 Å². The van der Waals surface area contributed by atoms with Gasteiger partial charge in [-0.15, -0.1) is 0 Å². The quantitative estimate of drug-likeness (QED) is 0.442. The summed E-state index contributed by atoms with van der Waals surface area (Å²) >= 11 is 6.54. The molecule has 0 atom stereocenters. The lowest BCUT2D eigenvalue weighted by Gasteiger charge is -2.14. The van der Waals surface area contributed by atoms with Crippen LogP contribution in [0.25, 0.3) is 0 Å². The monoisotopic (exact) mass is 544 g/mol. The molecule has 3 rings (SSSR count). The van der Waals surface area contributed by atoms with Gasteiger partial charge in [-0.3, -0.25) is 9.52 Å². The second-order valence-electron chi connectivity index (χ2n) is 5.83. The lowest BCUT2D eigenvalue weighted by atomic mass is 10.1. The van der Waals surface area contributed by atoms with Gasteiger partial charge in [-0.25, -0.2) is 17.2 Å². The number of nitrogens with one attached hydrogen (secondary N) is 2. The fourth-order valence-electron chi connectivity index (χ4n) is 2.37. The summed E-state index contributed by atoms with van der Waals surface area (Å²) in [4.78, 5) is 12.2. The Hall–Kier alpha value is -2.30. The van der Waals surface area contributed by atoms with Crippen LogP contribution in [0.2, 0.25) is 0 Å². The van der Waals surface area contributed by atoms with Crippen LogP contribution in [0.3, 0.4) is 0 Å². The topological polar surface area (TPSA) is 75.3 Å². The van der Waals surface area contributed by atoms with Crippen molar-refractivity contribution in [3.8, 4) is 0 Å². The number of halogens is 4. The number of benzene rings is 3. The molecule has 0 saturated heterocycles. The normalized spacial score (nSPS) is 11.2. The largest absolute Gasteiger partial charge is 0.322 e. The van der Waals surface area contributed by atoms with Gasteiger partial charge in [0.1, 0.15) is 0 Å². The summed E-state index contributed by atoms with van der Waals surface area (Å²) in [5.41, 5.74) is 0.522. The Morgan fingerprint density at radius 2 is 1.48 bits per heavy atom. The minimum absolute atomic E-state index is 0.0208. The van der Waals surface area contributed by atoms with E-state index in [1.54, 1.807) is 30.3 Å². The molecule has 3 aromatic rings. The Balaban J connectivity index is 1.92. The molecule has 0 aliphatic rings. The van der Waals surface area contributed by atoms with E-state index in [2.05, 4.69) is 41.9 Å². The molecule has 0 aliphatic carbocycles. The molecular formula is C19H12Br2F2N2O3S. The van der Waals surface area contributed by atoms with Crippen LogP contribution in [0.5, 0.6) is 0 Å². The smallest absolute Gasteiger partial charge is 0.262 e. The number of amides is 1. The van der Waals surface area contributed by atoms with Crippen LogP contribution < -0.4 is 10.0 Å². The summed E-state index contributed by atoms with van der Waals surface area (Å²) in [6.07, 6.45) is 0. The highest BCUT2D eigenvalue weighted by Crippen LogP contribution is 2.26. The third-order valence-electron chi connectivity index (χ3n) is 3.77. The van der Waals surface area contributed by atoms with Crippen molar-refractivity contribution < 1.29 is 22.0 Å². The first-order valence-electron chi connectivity index (χ1n) is 8.00. The van der Waals surface area contributed by atoms with E-state index in [0.29, 0.717) is 22.3 Å². The van der Waals surface area contributed by atoms with Crippen molar-refractivity contribution in [3.05, 3.63) is 86.8 Å². The number of rotatable bonds is 5. The average molecular weight is 546 g/mol. The molecule has 10 heteroatoms. The predicted octanol–water partition coefficient (Wildman–Crippen LogP) is 5.54. The molecule has 0 aliphatic heterocycles. The van der Waals surface area contributed by atoms with E-state index >= 15 is 0 Å². The molecule has 150 valence electrons. The molecule has 0 heterocycles. The summed E-state index contributed by atoms with van der Waals surface area (Å²) in [5.74, 6) is -3.02. The molecule has 2 N–H and O–H groups in total. The first kappa shape index (κ1) is 21.4. The van der Waals surface area contributed by atoms with E-state index < -0.39 is 32.5 Å². The zero-order valence-electron chi connectivity index (χ0n) is 14.4. The van der Waals surface area contributed by atoms with Crippen molar-refractivity contribution >= 4 is 59.2 Å². The molecule has 1 amide bonds. The number of carbonyl (C=O) groups excluding carboxylic acids is 1. The molecule has 29 heavy (non-hydrogen) atoms. The maximum atomic E-state index is 13.4. The Morgan fingerprint density at radius 3 is 2.14 bits per heavy atom. The summed E-state index contributed by atoms with van der Waals surface area (Å²) in [5, 5.41) is 2.67. The predicted molar refractivity (Wildman–Crippen MR) is 113 cm³/mol. The molecule has 5 nitrogen and oxygen atoms in total. The summed E-state index contributed by atoms with van der Waals surface area (Å²) in [7, 11) is -4.26. The van der Waals surface area contributed by atoms with E-state index in [4.69, 9.17) is 0 Å². The third kappa shape index (κ3) is 5.20. The first-order valence-corrected chi connectivity index (χ1v) is 11.1. The molecule has 0 fully saturated rings. The number of sulfonamides is 1. The number of anilines is 2. The van der Waals surface area contributed by atoms with Crippen molar-refractivity contribution in [1.82, 2.24) is 0 Å². The van der Waals surface area contributed by atoms with E-state index in [-0.39, 0.29) is 11.3 Å². The van der Waals surface area contributed by atoms with Crippen molar-refractivity contribution in [2.75, 3.05) is 10.0 Å². The SMILES string of the molecule is O=C(Nc1ccc(Br)cc1)c1cc(Br)ccc1NS(=O)(=O)c1ccc(F)c(F)c1. The molecule has 0 radical (unpaired) electrons. The summed E-state index contributed by atoms with van der Waals surface area (Å²) < 4.78 is 55.3. The van der Waals surface area contributed by atoms with E-state index in [0.717, 1.165) is 10.5 Å². The maximum Gasteiger partial charge on any atom is 0.262 e. The van der Waals surface area contributed by atoms with Crippen LogP contribution in [0, 0.1) is 11.6 Å². The highest BCUT2D eigenvalue weighted by Gasteiger charge is 2.21. The Bertz CT molecular complexity index is 1190. The van der Waals surface area contributed by atoms with E-state index in [9.17, 15) is 22.0 Å². The van der Waals surface area contributed by atoms with Gasteiger partial charge in [-0.05, 0) is 60.7 Å². The average Bonchev–Trinajstić information content (AvgIpc) is 2.67. The van der Waals surface area contributed by atoms with Crippen molar-refractivity contribution in [1.29, 1.82) is 0 Å².